The van der Waals surface area contributed by atoms with Crippen molar-refractivity contribution in [3.63, 3.8) is 0 Å². The molecule has 4 aromatic heterocycles. The zero-order valence-corrected chi connectivity index (χ0v) is 18.9. The molecule has 1 aromatic carbocycles. The Morgan fingerprint density at radius 2 is 1.23 bits per heavy atom. The molecule has 4 heterocycles. The lowest BCUT2D eigenvalue weighted by molar-refractivity contribution is 0.332. The van der Waals surface area contributed by atoms with Gasteiger partial charge in [0.2, 0.25) is 10.6 Å². The van der Waals surface area contributed by atoms with E-state index in [4.69, 9.17) is 33.3 Å². The monoisotopic (exact) mass is 455 g/mol. The Balaban J connectivity index is 1.63. The van der Waals surface area contributed by atoms with E-state index in [1.54, 1.807) is 4.52 Å². The molecule has 9 nitrogen and oxygen atoms in total. The Morgan fingerprint density at radius 3 is 1.84 bits per heavy atom. The van der Waals surface area contributed by atoms with E-state index >= 15 is 0 Å². The average Bonchev–Trinajstić information content (AvgIpc) is 3.40. The molecule has 5 aromatic rings. The number of rotatable bonds is 1. The third-order valence-electron chi connectivity index (χ3n) is 6.40. The molecule has 0 saturated carbocycles. The summed E-state index contributed by atoms with van der Waals surface area (Å²) in [5, 5.41) is 13.3. The molecular weight excluding hydrogens is 437 g/mol. The summed E-state index contributed by atoms with van der Waals surface area (Å²) in [6.45, 7) is 9.21. The van der Waals surface area contributed by atoms with Gasteiger partial charge in [0.1, 0.15) is 0 Å². The van der Waals surface area contributed by atoms with E-state index < -0.39 is 0 Å². The predicted octanol–water partition coefficient (Wildman–Crippen LogP) is 4.14. The highest BCUT2D eigenvalue weighted by Crippen LogP contribution is 2.46. The van der Waals surface area contributed by atoms with E-state index in [1.807, 2.05) is 0 Å². The smallest absolute Gasteiger partial charge is 0.189 e. The Kier molecular flexibility index (Phi) is 3.62. The Labute approximate surface area is 187 Å². The van der Waals surface area contributed by atoms with Gasteiger partial charge in [-0.2, -0.15) is 28.5 Å². The molecule has 0 radical (unpaired) electrons. The molecule has 11 heteroatoms. The highest BCUT2D eigenvalue weighted by Gasteiger charge is 2.37. The first-order chi connectivity index (χ1) is 14.6. The van der Waals surface area contributed by atoms with Crippen molar-refractivity contribution < 1.29 is 0 Å². The van der Waals surface area contributed by atoms with Crippen LogP contribution in [0.3, 0.4) is 0 Å². The first kappa shape index (κ1) is 18.9. The minimum absolute atomic E-state index is 0.0725. The standard InChI is InChI=1S/C20H19Cl2N9/c1-19(2)7-8-20(3,4)12-9-10(5-6-11(12)19)13-23-16-29(26-13)17-24-14(21)28-31(17)18-25-15(22)27-30(16)18/h5-6,9H,7-8H2,1-4H3. The Morgan fingerprint density at radius 1 is 0.710 bits per heavy atom. The van der Waals surface area contributed by atoms with Gasteiger partial charge in [-0.05, 0) is 64.1 Å². The number of nitrogens with zero attached hydrogens (tertiary/aromatic N) is 9. The first-order valence-corrected chi connectivity index (χ1v) is 10.8. The molecule has 1 aliphatic rings. The summed E-state index contributed by atoms with van der Waals surface area (Å²) in [6.07, 6.45) is 2.29. The Hall–Kier alpha value is -2.78. The van der Waals surface area contributed by atoms with Crippen LogP contribution in [0.15, 0.2) is 18.2 Å². The lowest BCUT2D eigenvalue weighted by Crippen LogP contribution is -2.33. The third kappa shape index (κ3) is 2.62. The second-order valence-electron chi connectivity index (χ2n) is 9.36. The fourth-order valence-electron chi connectivity index (χ4n) is 4.53. The van der Waals surface area contributed by atoms with Gasteiger partial charge >= 0.3 is 0 Å². The Bertz CT molecular complexity index is 1450. The lowest BCUT2D eigenvalue weighted by atomic mass is 9.63. The van der Waals surface area contributed by atoms with Crippen molar-refractivity contribution in [1.82, 2.24) is 43.8 Å². The average molecular weight is 456 g/mol. The molecule has 0 saturated heterocycles. The summed E-state index contributed by atoms with van der Waals surface area (Å²) in [5.41, 5.74) is 3.87. The van der Waals surface area contributed by atoms with Crippen LogP contribution >= 0.6 is 23.2 Å². The van der Waals surface area contributed by atoms with Gasteiger partial charge in [0.25, 0.3) is 17.3 Å². The van der Waals surface area contributed by atoms with E-state index in [1.165, 1.54) is 20.2 Å². The number of hydrogen-bond donors (Lipinski definition) is 0. The third-order valence-corrected chi connectivity index (χ3v) is 6.72. The minimum atomic E-state index is 0.0725. The number of benzene rings is 1. The van der Waals surface area contributed by atoms with Crippen LogP contribution in [-0.2, 0) is 10.8 Å². The van der Waals surface area contributed by atoms with Gasteiger partial charge in [-0.1, -0.05) is 39.8 Å². The van der Waals surface area contributed by atoms with Crippen molar-refractivity contribution in [2.75, 3.05) is 0 Å². The molecular formula is C20H19Cl2N9. The van der Waals surface area contributed by atoms with Crippen LogP contribution in [0.1, 0.15) is 51.7 Å². The summed E-state index contributed by atoms with van der Waals surface area (Å²) in [4.78, 5) is 13.2. The maximum absolute atomic E-state index is 6.06. The maximum Gasteiger partial charge on any atom is 0.261 e. The van der Waals surface area contributed by atoms with Crippen molar-refractivity contribution in [2.45, 2.75) is 51.4 Å². The van der Waals surface area contributed by atoms with Crippen molar-refractivity contribution in [1.29, 1.82) is 0 Å². The summed E-state index contributed by atoms with van der Waals surface area (Å²) in [7, 11) is 0. The molecule has 0 bridgehead atoms. The van der Waals surface area contributed by atoms with Gasteiger partial charge in [-0.3, -0.25) is 0 Å². The molecule has 6 rings (SSSR count). The van der Waals surface area contributed by atoms with Gasteiger partial charge in [0, 0.05) is 5.56 Å². The van der Waals surface area contributed by atoms with Gasteiger partial charge in [0.15, 0.2) is 5.82 Å². The summed E-state index contributed by atoms with van der Waals surface area (Å²) in [5.74, 6) is 1.73. The topological polar surface area (TPSA) is 90.6 Å². The van der Waals surface area contributed by atoms with Crippen LogP contribution in [0.5, 0.6) is 0 Å². The molecule has 0 aliphatic heterocycles. The van der Waals surface area contributed by atoms with Gasteiger partial charge in [-0.25, -0.2) is 0 Å². The molecule has 158 valence electrons. The highest BCUT2D eigenvalue weighted by molar-refractivity contribution is 6.28. The fraction of sp³-hybridized carbons (Fsp3) is 0.400. The molecule has 0 amide bonds. The summed E-state index contributed by atoms with van der Waals surface area (Å²) in [6, 6.07) is 6.50. The van der Waals surface area contributed by atoms with Crippen molar-refractivity contribution >= 4 is 40.5 Å². The van der Waals surface area contributed by atoms with Gasteiger partial charge in [0.05, 0.1) is 0 Å². The molecule has 0 N–H and O–H groups in total. The molecule has 0 unspecified atom stereocenters. The molecule has 0 atom stereocenters. The van der Waals surface area contributed by atoms with E-state index in [-0.39, 0.29) is 21.4 Å². The number of fused-ring (bicyclic) bond motifs is 7. The fourth-order valence-corrected chi connectivity index (χ4v) is 4.83. The molecule has 0 spiro atoms. The first-order valence-electron chi connectivity index (χ1n) is 10.0. The van der Waals surface area contributed by atoms with Crippen LogP contribution in [0, 0.1) is 0 Å². The second kappa shape index (κ2) is 5.92. The van der Waals surface area contributed by atoms with Crippen molar-refractivity contribution in [3.05, 3.63) is 39.9 Å². The van der Waals surface area contributed by atoms with Crippen LogP contribution in [0.25, 0.3) is 28.7 Å². The highest BCUT2D eigenvalue weighted by atomic mass is 35.5. The van der Waals surface area contributed by atoms with Crippen molar-refractivity contribution in [3.8, 4) is 11.4 Å². The van der Waals surface area contributed by atoms with E-state index in [9.17, 15) is 0 Å². The lowest BCUT2D eigenvalue weighted by Gasteiger charge is -2.42. The second-order valence-corrected chi connectivity index (χ2v) is 10.0. The SMILES string of the molecule is CC1(C)CCC(C)(C)c2cc(-c3nc4n5nc(Cl)nc5n5nc(Cl)nc5n4n3)ccc21. The van der Waals surface area contributed by atoms with Crippen LogP contribution in [0.4, 0.5) is 0 Å². The quantitative estimate of drug-likeness (QED) is 0.377. The normalized spacial score (nSPS) is 17.6. The number of aromatic nitrogens is 9. The van der Waals surface area contributed by atoms with Crippen molar-refractivity contribution in [2.24, 2.45) is 0 Å². The predicted molar refractivity (Wildman–Crippen MR) is 117 cm³/mol. The maximum atomic E-state index is 6.06. The molecule has 1 aliphatic carbocycles. The molecule has 31 heavy (non-hydrogen) atoms. The van der Waals surface area contributed by atoms with Gasteiger partial charge in [-0.15, -0.1) is 15.3 Å². The van der Waals surface area contributed by atoms with Crippen LogP contribution < -0.4 is 0 Å². The minimum Gasteiger partial charge on any atom is -0.189 e. The summed E-state index contributed by atoms with van der Waals surface area (Å²) >= 11 is 12.1. The zero-order valence-electron chi connectivity index (χ0n) is 17.4. The van der Waals surface area contributed by atoms with E-state index in [0.717, 1.165) is 18.4 Å². The van der Waals surface area contributed by atoms with Gasteiger partial charge < -0.3 is 0 Å². The molecule has 0 fully saturated rings. The summed E-state index contributed by atoms with van der Waals surface area (Å²) < 4.78 is 4.49. The largest absolute Gasteiger partial charge is 0.261 e. The number of hydrogen-bond acceptors (Lipinski definition) is 6. The van der Waals surface area contributed by atoms with E-state index in [0.29, 0.717) is 23.2 Å². The zero-order chi connectivity index (χ0) is 21.7. The van der Waals surface area contributed by atoms with Crippen LogP contribution in [0.2, 0.25) is 10.6 Å². The van der Waals surface area contributed by atoms with E-state index in [2.05, 4.69) is 66.1 Å². The number of halogens is 2. The van der Waals surface area contributed by atoms with Crippen LogP contribution in [-0.4, -0.2) is 43.8 Å².